The highest BCUT2D eigenvalue weighted by molar-refractivity contribution is 5.50. The highest BCUT2D eigenvalue weighted by Gasteiger charge is 2.24. The molecule has 0 unspecified atom stereocenters. The quantitative estimate of drug-likeness (QED) is 0.593. The second-order valence-electron chi connectivity index (χ2n) is 5.02. The van der Waals surface area contributed by atoms with E-state index in [0.29, 0.717) is 19.6 Å². The zero-order chi connectivity index (χ0) is 11.2. The third-order valence-electron chi connectivity index (χ3n) is 1.98. The number of ether oxygens (including phenoxy) is 2. The molecule has 0 saturated carbocycles. The summed E-state index contributed by atoms with van der Waals surface area (Å²) in [4.78, 5) is 10.4. The van der Waals surface area contributed by atoms with Crippen molar-refractivity contribution in [2.24, 2.45) is 5.41 Å². The molecule has 0 spiro atoms. The minimum absolute atomic E-state index is 0.0905. The summed E-state index contributed by atoms with van der Waals surface area (Å²) >= 11 is 0. The van der Waals surface area contributed by atoms with Crippen LogP contribution in [0.1, 0.15) is 34.1 Å². The van der Waals surface area contributed by atoms with Crippen molar-refractivity contribution in [1.82, 2.24) is 0 Å². The maximum atomic E-state index is 10.4. The van der Waals surface area contributed by atoms with Crippen molar-refractivity contribution in [2.45, 2.75) is 39.7 Å². The highest BCUT2D eigenvalue weighted by Crippen LogP contribution is 2.22. The summed E-state index contributed by atoms with van der Waals surface area (Å²) in [6, 6.07) is 0. The fourth-order valence-electron chi connectivity index (χ4n) is 1.06. The van der Waals surface area contributed by atoms with Gasteiger partial charge in [-0.1, -0.05) is 13.8 Å². The minimum Gasteiger partial charge on any atom is -0.382 e. The van der Waals surface area contributed by atoms with E-state index in [9.17, 15) is 4.79 Å². The molecule has 3 heteroatoms. The standard InChI is InChI=1S/C11H22O3/c1-10(2,6-7-12)8-14-11(3,4)9-13-5/h7H,6,8-9H2,1-5H3. The molecular formula is C11H22O3. The molecule has 0 aromatic carbocycles. The van der Waals surface area contributed by atoms with Crippen LogP contribution in [0.15, 0.2) is 0 Å². The van der Waals surface area contributed by atoms with Crippen LogP contribution in [0.25, 0.3) is 0 Å². The first kappa shape index (κ1) is 13.6. The second kappa shape index (κ2) is 5.47. The Morgan fingerprint density at radius 3 is 2.14 bits per heavy atom. The highest BCUT2D eigenvalue weighted by atomic mass is 16.5. The van der Waals surface area contributed by atoms with Gasteiger partial charge in [-0.05, 0) is 19.3 Å². The van der Waals surface area contributed by atoms with Crippen molar-refractivity contribution in [2.75, 3.05) is 20.3 Å². The van der Waals surface area contributed by atoms with Gasteiger partial charge in [0.25, 0.3) is 0 Å². The third-order valence-corrected chi connectivity index (χ3v) is 1.98. The Kier molecular flexibility index (Phi) is 5.31. The number of hydrogen-bond acceptors (Lipinski definition) is 3. The normalized spacial score (nSPS) is 12.9. The summed E-state index contributed by atoms with van der Waals surface area (Å²) < 4.78 is 10.7. The molecule has 0 radical (unpaired) electrons. The lowest BCUT2D eigenvalue weighted by molar-refractivity contribution is -0.115. The van der Waals surface area contributed by atoms with Gasteiger partial charge in [-0.25, -0.2) is 0 Å². The SMILES string of the molecule is COCC(C)(C)OCC(C)(C)CC=O. The number of carbonyl (C=O) groups excluding carboxylic acids is 1. The van der Waals surface area contributed by atoms with Crippen molar-refractivity contribution in [3.8, 4) is 0 Å². The van der Waals surface area contributed by atoms with Gasteiger partial charge in [-0.3, -0.25) is 0 Å². The van der Waals surface area contributed by atoms with Gasteiger partial charge in [0.15, 0.2) is 0 Å². The van der Waals surface area contributed by atoms with E-state index in [1.807, 2.05) is 27.7 Å². The fourth-order valence-corrected chi connectivity index (χ4v) is 1.06. The molecule has 0 bridgehead atoms. The van der Waals surface area contributed by atoms with Crippen LogP contribution in [-0.4, -0.2) is 32.2 Å². The Balaban J connectivity index is 3.96. The van der Waals surface area contributed by atoms with Gasteiger partial charge in [-0.15, -0.1) is 0 Å². The summed E-state index contributed by atoms with van der Waals surface area (Å²) in [5, 5.41) is 0. The van der Waals surface area contributed by atoms with Crippen LogP contribution < -0.4 is 0 Å². The van der Waals surface area contributed by atoms with E-state index in [2.05, 4.69) is 0 Å². The lowest BCUT2D eigenvalue weighted by Crippen LogP contribution is -2.34. The van der Waals surface area contributed by atoms with E-state index in [1.54, 1.807) is 7.11 Å². The largest absolute Gasteiger partial charge is 0.382 e. The lowest BCUT2D eigenvalue weighted by Gasteiger charge is -2.30. The van der Waals surface area contributed by atoms with Crippen LogP contribution in [0.3, 0.4) is 0 Å². The number of carbonyl (C=O) groups is 1. The monoisotopic (exact) mass is 202 g/mol. The number of rotatable bonds is 7. The average molecular weight is 202 g/mol. The van der Waals surface area contributed by atoms with Crippen LogP contribution >= 0.6 is 0 Å². The molecule has 0 aromatic heterocycles. The zero-order valence-electron chi connectivity index (χ0n) is 9.92. The van der Waals surface area contributed by atoms with Crippen molar-refractivity contribution < 1.29 is 14.3 Å². The van der Waals surface area contributed by atoms with E-state index in [1.165, 1.54) is 0 Å². The van der Waals surface area contributed by atoms with Gasteiger partial charge >= 0.3 is 0 Å². The first-order chi connectivity index (χ1) is 6.33. The molecular weight excluding hydrogens is 180 g/mol. The zero-order valence-corrected chi connectivity index (χ0v) is 9.92. The van der Waals surface area contributed by atoms with Crippen LogP contribution in [-0.2, 0) is 14.3 Å². The molecule has 0 atom stereocenters. The summed E-state index contributed by atoms with van der Waals surface area (Å²) in [7, 11) is 1.65. The molecule has 84 valence electrons. The molecule has 0 aromatic rings. The summed E-state index contributed by atoms with van der Waals surface area (Å²) in [6.45, 7) is 9.13. The molecule has 0 rings (SSSR count). The molecule has 0 saturated heterocycles. The van der Waals surface area contributed by atoms with Gasteiger partial charge in [0.2, 0.25) is 0 Å². The third kappa shape index (κ3) is 6.11. The Bertz CT molecular complexity index is 173. The molecule has 0 heterocycles. The maximum absolute atomic E-state index is 10.4. The molecule has 0 aliphatic carbocycles. The minimum atomic E-state index is -0.283. The Labute approximate surface area is 86.8 Å². The van der Waals surface area contributed by atoms with Crippen molar-refractivity contribution in [3.63, 3.8) is 0 Å². The van der Waals surface area contributed by atoms with Gasteiger partial charge in [0, 0.05) is 13.5 Å². The Hall–Kier alpha value is -0.410. The number of hydrogen-bond donors (Lipinski definition) is 0. The number of methoxy groups -OCH3 is 1. The molecule has 0 amide bonds. The van der Waals surface area contributed by atoms with Crippen LogP contribution in [0.4, 0.5) is 0 Å². The van der Waals surface area contributed by atoms with Gasteiger partial charge in [0.05, 0.1) is 18.8 Å². The first-order valence-corrected chi connectivity index (χ1v) is 4.89. The molecule has 0 fully saturated rings. The van der Waals surface area contributed by atoms with Crippen molar-refractivity contribution in [1.29, 1.82) is 0 Å². The topological polar surface area (TPSA) is 35.5 Å². The van der Waals surface area contributed by atoms with Crippen LogP contribution in [0.2, 0.25) is 0 Å². The summed E-state index contributed by atoms with van der Waals surface area (Å²) in [6.07, 6.45) is 1.46. The van der Waals surface area contributed by atoms with Gasteiger partial charge in [0.1, 0.15) is 6.29 Å². The average Bonchev–Trinajstić information content (AvgIpc) is 2.01. The second-order valence-corrected chi connectivity index (χ2v) is 5.02. The molecule has 0 N–H and O–H groups in total. The Morgan fingerprint density at radius 1 is 1.14 bits per heavy atom. The maximum Gasteiger partial charge on any atom is 0.120 e. The molecule has 0 aliphatic heterocycles. The fraction of sp³-hybridized carbons (Fsp3) is 0.909. The van der Waals surface area contributed by atoms with E-state index in [-0.39, 0.29) is 11.0 Å². The van der Waals surface area contributed by atoms with E-state index in [0.717, 1.165) is 6.29 Å². The van der Waals surface area contributed by atoms with Crippen LogP contribution in [0.5, 0.6) is 0 Å². The van der Waals surface area contributed by atoms with E-state index in [4.69, 9.17) is 9.47 Å². The van der Waals surface area contributed by atoms with Crippen molar-refractivity contribution in [3.05, 3.63) is 0 Å². The molecule has 14 heavy (non-hydrogen) atoms. The van der Waals surface area contributed by atoms with Gasteiger partial charge < -0.3 is 14.3 Å². The molecule has 0 aliphatic rings. The predicted octanol–water partition coefficient (Wildman–Crippen LogP) is 2.04. The van der Waals surface area contributed by atoms with E-state index >= 15 is 0 Å². The Morgan fingerprint density at radius 2 is 1.71 bits per heavy atom. The van der Waals surface area contributed by atoms with Crippen molar-refractivity contribution >= 4 is 6.29 Å². The number of aldehydes is 1. The van der Waals surface area contributed by atoms with Gasteiger partial charge in [-0.2, -0.15) is 0 Å². The first-order valence-electron chi connectivity index (χ1n) is 4.89. The summed E-state index contributed by atoms with van der Waals surface area (Å²) in [5.74, 6) is 0. The lowest BCUT2D eigenvalue weighted by atomic mass is 9.91. The summed E-state index contributed by atoms with van der Waals surface area (Å²) in [5.41, 5.74) is -0.373. The smallest absolute Gasteiger partial charge is 0.120 e. The molecule has 3 nitrogen and oxygen atoms in total. The van der Waals surface area contributed by atoms with Crippen LogP contribution in [0, 0.1) is 5.41 Å². The predicted molar refractivity (Wildman–Crippen MR) is 56.4 cm³/mol. The van der Waals surface area contributed by atoms with E-state index < -0.39 is 0 Å².